The molecule has 4 nitrogen and oxygen atoms in total. The number of hydrogen-bond donors (Lipinski definition) is 3. The van der Waals surface area contributed by atoms with Crippen molar-refractivity contribution in [3.05, 3.63) is 0 Å². The molecular weight excluding hydrogens is 350 g/mol. The highest BCUT2D eigenvalue weighted by atomic mass is 16.5. The van der Waals surface area contributed by atoms with Crippen LogP contribution in [0.2, 0.25) is 0 Å². The smallest absolute Gasteiger partial charge is 0.220 e. The molecule has 28 heavy (non-hydrogen) atoms. The molecule has 2 unspecified atom stereocenters. The first-order valence-corrected chi connectivity index (χ1v) is 12.0. The molecule has 0 aliphatic heterocycles. The average Bonchev–Trinajstić information content (AvgIpc) is 2.65. The molecule has 2 atom stereocenters. The molecule has 4 heteroatoms. The number of unbranched alkanes of at least 4 members (excludes halogenated alkanes) is 11. The molecule has 0 fully saturated rings. The fourth-order valence-corrected chi connectivity index (χ4v) is 3.70. The molecule has 0 aliphatic carbocycles. The number of amides is 1. The zero-order valence-corrected chi connectivity index (χ0v) is 19.2. The van der Waals surface area contributed by atoms with Gasteiger partial charge in [0.2, 0.25) is 5.91 Å². The fraction of sp³-hybridized carbons (Fsp3) is 0.958. The first-order valence-electron chi connectivity index (χ1n) is 12.0. The Bertz CT molecular complexity index is 358. The zero-order valence-electron chi connectivity index (χ0n) is 19.2. The van der Waals surface area contributed by atoms with Crippen LogP contribution in [0, 0.1) is 11.8 Å². The molecule has 0 spiro atoms. The van der Waals surface area contributed by atoms with Gasteiger partial charge in [0.1, 0.15) is 0 Å². The number of carbonyl (C=O) groups excluding carboxylic acids is 1. The summed E-state index contributed by atoms with van der Waals surface area (Å²) in [5, 5.41) is 21.5. The molecule has 1 amide bonds. The molecule has 168 valence electrons. The normalized spacial score (nSPS) is 13.9. The fourth-order valence-electron chi connectivity index (χ4n) is 3.70. The predicted molar refractivity (Wildman–Crippen MR) is 119 cm³/mol. The van der Waals surface area contributed by atoms with Crippen molar-refractivity contribution in [2.24, 2.45) is 11.8 Å². The number of hydrogen-bond acceptors (Lipinski definition) is 3. The van der Waals surface area contributed by atoms with Gasteiger partial charge in [0.25, 0.3) is 0 Å². The Hall–Kier alpha value is -0.610. The number of carbonyl (C=O) groups is 1. The summed E-state index contributed by atoms with van der Waals surface area (Å²) in [6.45, 7) is 8.33. The molecule has 0 radical (unpaired) electrons. The second-order valence-electron chi connectivity index (χ2n) is 9.03. The standard InChI is InChI=1S/C24H49NO3/c1-5-22(21(4)24(27)28)25-23(26)19-17-15-13-11-9-7-6-8-10-12-14-16-18-20(2)3/h20-22,24,27-28H,5-19H2,1-4H3,(H,25,26). The molecule has 0 bridgehead atoms. The topological polar surface area (TPSA) is 69.6 Å². The van der Waals surface area contributed by atoms with Crippen LogP contribution in [-0.4, -0.2) is 28.5 Å². The Morgan fingerprint density at radius 2 is 1.18 bits per heavy atom. The molecule has 0 aromatic heterocycles. The van der Waals surface area contributed by atoms with E-state index in [1.165, 1.54) is 70.6 Å². The Morgan fingerprint density at radius 3 is 1.57 bits per heavy atom. The van der Waals surface area contributed by atoms with Crippen molar-refractivity contribution >= 4 is 5.91 Å². The summed E-state index contributed by atoms with van der Waals surface area (Å²) in [5.74, 6) is 0.549. The van der Waals surface area contributed by atoms with E-state index in [0.717, 1.165) is 18.8 Å². The molecule has 0 rings (SSSR count). The SMILES string of the molecule is CCC(NC(=O)CCCCCCCCCCCCCCC(C)C)C(C)C(O)O. The van der Waals surface area contributed by atoms with Gasteiger partial charge in [-0.25, -0.2) is 0 Å². The van der Waals surface area contributed by atoms with Crippen LogP contribution < -0.4 is 5.32 Å². The Morgan fingerprint density at radius 1 is 0.750 bits per heavy atom. The Kier molecular flexibility index (Phi) is 18.0. The van der Waals surface area contributed by atoms with Crippen molar-refractivity contribution in [2.75, 3.05) is 0 Å². The molecule has 0 aliphatic rings. The van der Waals surface area contributed by atoms with Crippen molar-refractivity contribution in [3.8, 4) is 0 Å². The van der Waals surface area contributed by atoms with Gasteiger partial charge in [-0.05, 0) is 18.8 Å². The van der Waals surface area contributed by atoms with Gasteiger partial charge >= 0.3 is 0 Å². The minimum Gasteiger partial charge on any atom is -0.368 e. The zero-order chi connectivity index (χ0) is 21.2. The summed E-state index contributed by atoms with van der Waals surface area (Å²) in [6, 6.07) is -0.164. The van der Waals surface area contributed by atoms with Crippen LogP contribution in [0.4, 0.5) is 0 Å². The Labute approximate surface area is 174 Å². The third-order valence-corrected chi connectivity index (χ3v) is 5.83. The van der Waals surface area contributed by atoms with E-state index in [-0.39, 0.29) is 17.9 Å². The van der Waals surface area contributed by atoms with Crippen molar-refractivity contribution < 1.29 is 15.0 Å². The van der Waals surface area contributed by atoms with E-state index in [1.54, 1.807) is 6.92 Å². The van der Waals surface area contributed by atoms with E-state index in [2.05, 4.69) is 19.2 Å². The molecule has 0 aromatic rings. The summed E-state index contributed by atoms with van der Waals surface area (Å²) in [7, 11) is 0. The van der Waals surface area contributed by atoms with Crippen LogP contribution in [0.25, 0.3) is 0 Å². The van der Waals surface area contributed by atoms with Crippen molar-refractivity contribution in [1.82, 2.24) is 5.32 Å². The number of nitrogens with one attached hydrogen (secondary N) is 1. The molecule has 3 N–H and O–H groups in total. The monoisotopic (exact) mass is 399 g/mol. The number of rotatable bonds is 19. The molecule has 0 saturated heterocycles. The van der Waals surface area contributed by atoms with Crippen LogP contribution in [0.1, 0.15) is 124 Å². The Balaban J connectivity index is 3.42. The van der Waals surface area contributed by atoms with Gasteiger partial charge in [-0.2, -0.15) is 0 Å². The molecular formula is C24H49NO3. The van der Waals surface area contributed by atoms with Gasteiger partial charge in [-0.1, -0.05) is 105 Å². The molecule has 0 heterocycles. The lowest BCUT2D eigenvalue weighted by atomic mass is 9.98. The van der Waals surface area contributed by atoms with E-state index in [4.69, 9.17) is 0 Å². The minimum absolute atomic E-state index is 0.0349. The summed E-state index contributed by atoms with van der Waals surface area (Å²) in [5.41, 5.74) is 0. The highest BCUT2D eigenvalue weighted by Crippen LogP contribution is 2.15. The van der Waals surface area contributed by atoms with Crippen molar-refractivity contribution in [2.45, 2.75) is 136 Å². The maximum Gasteiger partial charge on any atom is 0.220 e. The number of aliphatic hydroxyl groups is 2. The lowest BCUT2D eigenvalue weighted by Crippen LogP contribution is -2.43. The van der Waals surface area contributed by atoms with Crippen molar-refractivity contribution in [1.29, 1.82) is 0 Å². The average molecular weight is 400 g/mol. The lowest BCUT2D eigenvalue weighted by Gasteiger charge is -2.25. The van der Waals surface area contributed by atoms with Crippen LogP contribution in [-0.2, 0) is 4.79 Å². The highest BCUT2D eigenvalue weighted by Gasteiger charge is 2.22. The van der Waals surface area contributed by atoms with Gasteiger partial charge in [-0.3, -0.25) is 4.79 Å². The van der Waals surface area contributed by atoms with Crippen molar-refractivity contribution in [3.63, 3.8) is 0 Å². The van der Waals surface area contributed by atoms with Gasteiger partial charge < -0.3 is 15.5 Å². The van der Waals surface area contributed by atoms with Crippen LogP contribution >= 0.6 is 0 Å². The lowest BCUT2D eigenvalue weighted by molar-refractivity contribution is -0.124. The first-order chi connectivity index (χ1) is 13.4. The summed E-state index contributed by atoms with van der Waals surface area (Å²) in [4.78, 5) is 12.0. The van der Waals surface area contributed by atoms with E-state index in [0.29, 0.717) is 12.8 Å². The molecule has 0 saturated carbocycles. The van der Waals surface area contributed by atoms with Gasteiger partial charge in [-0.15, -0.1) is 0 Å². The van der Waals surface area contributed by atoms with E-state index >= 15 is 0 Å². The van der Waals surface area contributed by atoms with Crippen LogP contribution in [0.5, 0.6) is 0 Å². The van der Waals surface area contributed by atoms with Gasteiger partial charge in [0.15, 0.2) is 6.29 Å². The highest BCUT2D eigenvalue weighted by molar-refractivity contribution is 5.76. The van der Waals surface area contributed by atoms with Crippen LogP contribution in [0.15, 0.2) is 0 Å². The van der Waals surface area contributed by atoms with E-state index in [9.17, 15) is 15.0 Å². The quantitative estimate of drug-likeness (QED) is 0.186. The van der Waals surface area contributed by atoms with E-state index in [1.807, 2.05) is 6.92 Å². The second kappa shape index (κ2) is 18.4. The minimum atomic E-state index is -1.38. The third kappa shape index (κ3) is 16.4. The maximum atomic E-state index is 12.0. The van der Waals surface area contributed by atoms with Crippen LogP contribution in [0.3, 0.4) is 0 Å². The summed E-state index contributed by atoms with van der Waals surface area (Å²) >= 11 is 0. The maximum absolute atomic E-state index is 12.0. The van der Waals surface area contributed by atoms with Gasteiger partial charge in [0, 0.05) is 18.4 Å². The largest absolute Gasteiger partial charge is 0.368 e. The first kappa shape index (κ1) is 27.4. The molecule has 0 aromatic carbocycles. The number of aliphatic hydroxyl groups excluding tert-OH is 1. The second-order valence-corrected chi connectivity index (χ2v) is 9.03. The third-order valence-electron chi connectivity index (χ3n) is 5.83. The van der Waals surface area contributed by atoms with E-state index < -0.39 is 6.29 Å². The summed E-state index contributed by atoms with van der Waals surface area (Å²) < 4.78 is 0. The summed E-state index contributed by atoms with van der Waals surface area (Å²) in [6.07, 6.45) is 16.8. The van der Waals surface area contributed by atoms with Gasteiger partial charge in [0.05, 0.1) is 0 Å². The predicted octanol–water partition coefficient (Wildman–Crippen LogP) is 5.95.